The van der Waals surface area contributed by atoms with Crippen molar-refractivity contribution in [1.82, 2.24) is 62.1 Å². The van der Waals surface area contributed by atoms with Crippen LogP contribution in [0.3, 0.4) is 0 Å². The molecule has 0 bridgehead atoms. The Kier molecular flexibility index (Phi) is 28.1. The Morgan fingerprint density at radius 3 is 1.60 bits per heavy atom. The van der Waals surface area contributed by atoms with Gasteiger partial charge in [-0.3, -0.25) is 57.5 Å². The van der Waals surface area contributed by atoms with Crippen LogP contribution in [-0.4, -0.2) is 194 Å². The van der Waals surface area contributed by atoms with Crippen LogP contribution in [0.4, 0.5) is 0 Å². The first-order chi connectivity index (χ1) is 42.9. The quantitative estimate of drug-likeness (QED) is 0.0828. The number of amides is 12. The van der Waals surface area contributed by atoms with E-state index in [1.807, 2.05) is 62.3 Å². The normalized spacial score (nSPS) is 28.6. The number of nitrogens with zero attached hydrogens (tertiary/aromatic N) is 4. The number of aliphatic hydroxyl groups excluding tert-OH is 1. The van der Waals surface area contributed by atoms with Gasteiger partial charge in [-0.25, -0.2) is 0 Å². The number of likely N-dealkylation sites (tertiary alicyclic amines) is 1. The molecule has 0 aliphatic carbocycles. The largest absolute Gasteiger partial charge is 0.391 e. The number of fused-ring (bicyclic) bond motifs is 3. The first-order valence-electron chi connectivity index (χ1n) is 33.7. The minimum atomic E-state index is -1.32. The molecule has 17 unspecified atom stereocenters. The third-order valence-electron chi connectivity index (χ3n) is 19.6. The number of primary amides is 1. The predicted octanol–water partition coefficient (Wildman–Crippen LogP) is 1.57. The van der Waals surface area contributed by atoms with Gasteiger partial charge in [0.25, 0.3) is 5.91 Å². The highest BCUT2D eigenvalue weighted by Crippen LogP contribution is 2.29. The van der Waals surface area contributed by atoms with E-state index >= 15 is 14.4 Å². The van der Waals surface area contributed by atoms with Crippen LogP contribution >= 0.6 is 0 Å². The number of carbonyl (C=O) groups is 12. The van der Waals surface area contributed by atoms with E-state index < -0.39 is 173 Å². The Morgan fingerprint density at radius 1 is 0.549 bits per heavy atom. The zero-order valence-corrected chi connectivity index (χ0v) is 56.5. The molecule has 4 saturated heterocycles. The number of hydrogen-bond acceptors (Lipinski definition) is 14. The number of aliphatic hydroxyl groups is 1. The van der Waals surface area contributed by atoms with Gasteiger partial charge in [0, 0.05) is 38.8 Å². The number of hydrogen-bond donors (Lipinski definition) is 10. The Morgan fingerprint density at radius 2 is 1.04 bits per heavy atom. The van der Waals surface area contributed by atoms with Crippen LogP contribution in [-0.2, 0) is 57.5 Å². The molecule has 91 heavy (non-hydrogen) atoms. The van der Waals surface area contributed by atoms with Crippen LogP contribution in [0.15, 0.2) is 11.9 Å². The summed E-state index contributed by atoms with van der Waals surface area (Å²) in [7, 11) is 0. The summed E-state index contributed by atoms with van der Waals surface area (Å²) < 4.78 is 0. The van der Waals surface area contributed by atoms with Crippen molar-refractivity contribution in [3.8, 4) is 0 Å². The average molecular weight is 1280 g/mol. The molecular weight excluding hydrogens is 1170 g/mol. The summed E-state index contributed by atoms with van der Waals surface area (Å²) in [6.45, 7) is 25.6. The van der Waals surface area contributed by atoms with Gasteiger partial charge in [-0.15, -0.1) is 0 Å². The molecule has 0 radical (unpaired) electrons. The summed E-state index contributed by atoms with van der Waals surface area (Å²) in [4.78, 5) is 180. The van der Waals surface area contributed by atoms with Gasteiger partial charge in [0.15, 0.2) is 0 Å². The molecule has 0 aromatic carbocycles. The maximum atomic E-state index is 15.4. The van der Waals surface area contributed by atoms with E-state index in [0.717, 1.165) is 6.20 Å². The Labute approximate surface area is 538 Å². The van der Waals surface area contributed by atoms with E-state index in [1.165, 1.54) is 19.6 Å². The van der Waals surface area contributed by atoms with Crippen LogP contribution in [0.25, 0.3) is 0 Å². The molecule has 4 fully saturated rings. The fourth-order valence-corrected chi connectivity index (χ4v) is 12.9. The van der Waals surface area contributed by atoms with Crippen LogP contribution in [0.5, 0.6) is 0 Å². The van der Waals surface area contributed by atoms with Gasteiger partial charge in [0.2, 0.25) is 65.0 Å². The lowest BCUT2D eigenvalue weighted by atomic mass is 9.94. The maximum absolute atomic E-state index is 15.4. The molecule has 5 aliphatic rings. The first-order valence-corrected chi connectivity index (χ1v) is 33.7. The zero-order valence-electron chi connectivity index (χ0n) is 56.5. The van der Waals surface area contributed by atoms with Gasteiger partial charge >= 0.3 is 0 Å². The molecule has 11 N–H and O–H groups in total. The van der Waals surface area contributed by atoms with E-state index in [-0.39, 0.29) is 82.5 Å². The summed E-state index contributed by atoms with van der Waals surface area (Å²) in [5.41, 5.74) is 5.28. The molecule has 0 aromatic heterocycles. The van der Waals surface area contributed by atoms with E-state index in [2.05, 4.69) is 42.5 Å². The van der Waals surface area contributed by atoms with Crippen LogP contribution in [0.1, 0.15) is 187 Å². The highest BCUT2D eigenvalue weighted by molar-refractivity contribution is 6.03. The van der Waals surface area contributed by atoms with Gasteiger partial charge in [-0.05, 0) is 92.8 Å². The summed E-state index contributed by atoms with van der Waals surface area (Å²) in [5.74, 6) is -10.8. The van der Waals surface area contributed by atoms with Crippen LogP contribution in [0.2, 0.25) is 0 Å². The Balaban J connectivity index is 1.64. The molecule has 26 nitrogen and oxygen atoms in total. The molecule has 26 heteroatoms. The monoisotopic (exact) mass is 1280 g/mol. The SMILES string of the molecule is CCC(C)C(NC(=O)C(NC(=O)C1CCCN1C(=O)C1=CNC(C(C)CC)C(=O)N2CC(O)CC2C(=O)NC(C(C)CC)C(=O)NC(C(C)CC)C(=O)NC(CC(C)C)C(=O)N2CCCC2C(=O)N2CCCC2C(=O)NC(CC(C)C)C(=O)N1)C(C)CC)C(N)=O. The third kappa shape index (κ3) is 18.9. The van der Waals surface area contributed by atoms with Gasteiger partial charge in [0.1, 0.15) is 72.2 Å². The lowest BCUT2D eigenvalue weighted by Gasteiger charge is -2.34. The summed E-state index contributed by atoms with van der Waals surface area (Å²) in [6, 6.07) is -12.8. The lowest BCUT2D eigenvalue weighted by molar-refractivity contribution is -0.148. The van der Waals surface area contributed by atoms with Crippen molar-refractivity contribution in [2.45, 2.75) is 259 Å². The van der Waals surface area contributed by atoms with E-state index in [9.17, 15) is 48.3 Å². The molecule has 0 spiro atoms. The number of carbonyl (C=O) groups excluding carboxylic acids is 12. The van der Waals surface area contributed by atoms with Crippen molar-refractivity contribution in [3.63, 3.8) is 0 Å². The van der Waals surface area contributed by atoms with E-state index in [4.69, 9.17) is 5.73 Å². The third-order valence-corrected chi connectivity index (χ3v) is 19.6. The summed E-state index contributed by atoms with van der Waals surface area (Å²) in [6.07, 6.45) is 4.06. The average Bonchev–Trinajstić information content (AvgIpc) is 2.17. The second-order valence-electron chi connectivity index (χ2n) is 27.3. The minimum absolute atomic E-state index is 0.0130. The van der Waals surface area contributed by atoms with E-state index in [0.29, 0.717) is 51.4 Å². The van der Waals surface area contributed by atoms with Crippen molar-refractivity contribution in [1.29, 1.82) is 0 Å². The Bertz CT molecular complexity index is 2650. The smallest absolute Gasteiger partial charge is 0.272 e. The van der Waals surface area contributed by atoms with Crippen molar-refractivity contribution in [3.05, 3.63) is 11.9 Å². The fourth-order valence-electron chi connectivity index (χ4n) is 12.9. The summed E-state index contributed by atoms with van der Waals surface area (Å²) in [5, 5.41) is 34.2. The molecule has 5 aliphatic heterocycles. The zero-order chi connectivity index (χ0) is 67.9. The topological polar surface area (TPSA) is 360 Å². The molecule has 5 rings (SSSR count). The summed E-state index contributed by atoms with van der Waals surface area (Å²) >= 11 is 0. The molecule has 5 heterocycles. The molecule has 0 aromatic rings. The van der Waals surface area contributed by atoms with Gasteiger partial charge in [0.05, 0.1) is 6.10 Å². The predicted molar refractivity (Wildman–Crippen MR) is 340 cm³/mol. The standard InChI is InChI=1S/C65H109N13O13/c1-15-36(10)49(54(66)80)71-60(86)51(38(12)17-3)72-57(83)46-24-20-26-75(46)63(89)44-32-67-53(40(14)19-5)65(91)78-33-41(79)31-48(78)58(84)73-52(39(13)18-4)61(87)74-50(37(11)16-2)59(85)69-43(30-35(8)9)62(88)77-28-22-25-47(77)64(90)76-27-21-23-45(76)56(82)68-42(29-34(6)7)55(81)70-44/h32,34-43,45-53,67,79H,15-31,33H2,1-14H3,(H2,66,80)(H,68,82)(H,69,85)(H,70,81)(H,71,86)(H,72,83)(H,73,84)(H,74,87). The molecule has 512 valence electrons. The van der Waals surface area contributed by atoms with Crippen molar-refractivity contribution >= 4 is 70.9 Å². The fraction of sp³-hybridized carbons (Fsp3) is 0.785. The molecular formula is C65H109N13O13. The first kappa shape index (κ1) is 74.9. The number of nitrogens with one attached hydrogen (secondary N) is 8. The number of rotatable bonds is 20. The van der Waals surface area contributed by atoms with Crippen molar-refractivity contribution in [2.24, 2.45) is 47.2 Å². The second-order valence-corrected chi connectivity index (χ2v) is 27.3. The molecule has 12 amide bonds. The van der Waals surface area contributed by atoms with Crippen molar-refractivity contribution < 1.29 is 62.6 Å². The maximum Gasteiger partial charge on any atom is 0.272 e. The second kappa shape index (κ2) is 34.2. The highest BCUT2D eigenvalue weighted by atomic mass is 16.3. The van der Waals surface area contributed by atoms with Gasteiger partial charge < -0.3 is 73.0 Å². The van der Waals surface area contributed by atoms with E-state index in [1.54, 1.807) is 34.6 Å². The van der Waals surface area contributed by atoms with Crippen LogP contribution < -0.4 is 48.3 Å². The molecule has 17 atom stereocenters. The minimum Gasteiger partial charge on any atom is -0.391 e. The molecule has 0 saturated carbocycles. The Hall–Kier alpha value is -6.86. The highest BCUT2D eigenvalue weighted by Gasteiger charge is 2.48. The van der Waals surface area contributed by atoms with Gasteiger partial charge in [-0.2, -0.15) is 0 Å². The van der Waals surface area contributed by atoms with Crippen molar-refractivity contribution in [2.75, 3.05) is 26.2 Å². The lowest BCUT2D eigenvalue weighted by Crippen LogP contribution is -2.61. The van der Waals surface area contributed by atoms with Crippen LogP contribution in [0, 0.1) is 41.4 Å². The van der Waals surface area contributed by atoms with Gasteiger partial charge in [-0.1, -0.05) is 129 Å². The number of nitrogens with two attached hydrogens (primary N) is 1.